The van der Waals surface area contributed by atoms with Gasteiger partial charge in [-0.3, -0.25) is 4.79 Å². The van der Waals surface area contributed by atoms with Gasteiger partial charge in [0.2, 0.25) is 0 Å². The minimum Gasteiger partial charge on any atom is -0.394 e. The van der Waals surface area contributed by atoms with E-state index in [4.69, 9.17) is 9.84 Å². The SMILES string of the molecule is Cc1cc(C)c(C(=O)NCC2(OCCO)CCSCC2)c(C)c1. The zero-order valence-corrected chi connectivity index (χ0v) is 15.1. The molecule has 0 aromatic heterocycles. The number of aliphatic hydroxyl groups excluding tert-OH is 1. The van der Waals surface area contributed by atoms with Crippen molar-refractivity contribution in [2.24, 2.45) is 0 Å². The predicted octanol–water partition coefficient (Wildman–Crippen LogP) is 2.62. The van der Waals surface area contributed by atoms with Gasteiger partial charge in [0, 0.05) is 12.1 Å². The van der Waals surface area contributed by atoms with Crippen molar-refractivity contribution in [3.63, 3.8) is 0 Å². The van der Waals surface area contributed by atoms with Crippen molar-refractivity contribution in [2.45, 2.75) is 39.2 Å². The van der Waals surface area contributed by atoms with Gasteiger partial charge in [-0.15, -0.1) is 0 Å². The Labute approximate surface area is 143 Å². The van der Waals surface area contributed by atoms with Gasteiger partial charge < -0.3 is 15.2 Å². The highest BCUT2D eigenvalue weighted by Crippen LogP contribution is 2.30. The van der Waals surface area contributed by atoms with Crippen LogP contribution < -0.4 is 5.32 Å². The van der Waals surface area contributed by atoms with E-state index in [0.29, 0.717) is 13.2 Å². The molecule has 4 nitrogen and oxygen atoms in total. The van der Waals surface area contributed by atoms with Crippen molar-refractivity contribution >= 4 is 17.7 Å². The van der Waals surface area contributed by atoms with Gasteiger partial charge in [-0.25, -0.2) is 0 Å². The van der Waals surface area contributed by atoms with E-state index in [0.717, 1.165) is 41.0 Å². The molecular weight excluding hydrogens is 310 g/mol. The quantitative estimate of drug-likeness (QED) is 0.838. The molecule has 0 unspecified atom stereocenters. The Kier molecular flexibility index (Phi) is 6.50. The van der Waals surface area contributed by atoms with Crippen LogP contribution in [-0.4, -0.2) is 47.9 Å². The maximum Gasteiger partial charge on any atom is 0.251 e. The molecule has 0 aliphatic carbocycles. The number of hydrogen-bond donors (Lipinski definition) is 2. The summed E-state index contributed by atoms with van der Waals surface area (Å²) in [4.78, 5) is 12.6. The number of rotatable bonds is 6. The Bertz CT molecular complexity index is 530. The second kappa shape index (κ2) is 8.18. The molecule has 23 heavy (non-hydrogen) atoms. The Morgan fingerprint density at radius 3 is 2.43 bits per heavy atom. The van der Waals surface area contributed by atoms with Crippen molar-refractivity contribution in [3.8, 4) is 0 Å². The summed E-state index contributed by atoms with van der Waals surface area (Å²) in [6.07, 6.45) is 1.81. The van der Waals surface area contributed by atoms with Crippen LogP contribution >= 0.6 is 11.8 Å². The van der Waals surface area contributed by atoms with Crippen LogP contribution in [0.25, 0.3) is 0 Å². The van der Waals surface area contributed by atoms with Gasteiger partial charge in [-0.2, -0.15) is 11.8 Å². The first-order valence-corrected chi connectivity index (χ1v) is 9.31. The summed E-state index contributed by atoms with van der Waals surface area (Å²) in [6.45, 7) is 6.83. The maximum atomic E-state index is 12.6. The molecule has 1 aliphatic rings. The number of amides is 1. The first-order chi connectivity index (χ1) is 11.0. The molecule has 2 rings (SSSR count). The molecule has 1 fully saturated rings. The number of nitrogens with one attached hydrogen (secondary N) is 1. The Morgan fingerprint density at radius 1 is 1.26 bits per heavy atom. The summed E-state index contributed by atoms with van der Waals surface area (Å²) in [6, 6.07) is 4.08. The largest absolute Gasteiger partial charge is 0.394 e. The molecule has 5 heteroatoms. The molecule has 1 aromatic rings. The summed E-state index contributed by atoms with van der Waals surface area (Å²) in [5, 5.41) is 12.1. The molecule has 0 spiro atoms. The average Bonchev–Trinajstić information content (AvgIpc) is 2.51. The van der Waals surface area contributed by atoms with E-state index >= 15 is 0 Å². The molecular formula is C18H27NO3S. The van der Waals surface area contributed by atoms with Crippen molar-refractivity contribution in [3.05, 3.63) is 34.4 Å². The molecule has 0 saturated carbocycles. The van der Waals surface area contributed by atoms with Gasteiger partial charge in [0.15, 0.2) is 0 Å². The molecule has 1 aliphatic heterocycles. The Hall–Kier alpha value is -1.04. The van der Waals surface area contributed by atoms with E-state index < -0.39 is 0 Å². The van der Waals surface area contributed by atoms with Crippen LogP contribution in [0.4, 0.5) is 0 Å². The highest BCUT2D eigenvalue weighted by atomic mass is 32.2. The van der Waals surface area contributed by atoms with Crippen LogP contribution in [0.1, 0.15) is 39.9 Å². The smallest absolute Gasteiger partial charge is 0.251 e. The molecule has 128 valence electrons. The van der Waals surface area contributed by atoms with Crippen molar-refractivity contribution in [2.75, 3.05) is 31.3 Å². The van der Waals surface area contributed by atoms with Crippen LogP contribution in [0, 0.1) is 20.8 Å². The number of benzene rings is 1. The molecule has 1 aromatic carbocycles. The summed E-state index contributed by atoms with van der Waals surface area (Å²) < 4.78 is 5.91. The van der Waals surface area contributed by atoms with Crippen molar-refractivity contribution in [1.29, 1.82) is 0 Å². The normalized spacial score (nSPS) is 17.0. The van der Waals surface area contributed by atoms with Crippen LogP contribution in [0.5, 0.6) is 0 Å². The van der Waals surface area contributed by atoms with E-state index in [9.17, 15) is 4.79 Å². The van der Waals surface area contributed by atoms with Crippen LogP contribution in [0.15, 0.2) is 12.1 Å². The number of aryl methyl sites for hydroxylation is 3. The third-order valence-corrected chi connectivity index (χ3v) is 5.36. The predicted molar refractivity (Wildman–Crippen MR) is 95.3 cm³/mol. The number of aliphatic hydroxyl groups is 1. The summed E-state index contributed by atoms with van der Waals surface area (Å²) in [5.74, 6) is 2.03. The van der Waals surface area contributed by atoms with Gasteiger partial charge in [0.1, 0.15) is 0 Å². The molecule has 2 N–H and O–H groups in total. The zero-order chi connectivity index (χ0) is 16.9. The maximum absolute atomic E-state index is 12.6. The lowest BCUT2D eigenvalue weighted by Gasteiger charge is -2.37. The molecule has 1 amide bonds. The fourth-order valence-electron chi connectivity index (χ4n) is 3.25. The fourth-order valence-corrected chi connectivity index (χ4v) is 4.48. The van der Waals surface area contributed by atoms with Crippen LogP contribution in [0.3, 0.4) is 0 Å². The second-order valence-electron chi connectivity index (χ2n) is 6.32. The lowest BCUT2D eigenvalue weighted by atomic mass is 9.95. The number of ether oxygens (including phenoxy) is 1. The molecule has 1 saturated heterocycles. The monoisotopic (exact) mass is 337 g/mol. The fraction of sp³-hybridized carbons (Fsp3) is 0.611. The highest BCUT2D eigenvalue weighted by Gasteiger charge is 2.33. The summed E-state index contributed by atoms with van der Waals surface area (Å²) in [5.41, 5.74) is 3.60. The van der Waals surface area contributed by atoms with Gasteiger partial charge >= 0.3 is 0 Å². The van der Waals surface area contributed by atoms with E-state index in [1.54, 1.807) is 0 Å². The third kappa shape index (κ3) is 4.72. The van der Waals surface area contributed by atoms with E-state index in [2.05, 4.69) is 5.32 Å². The van der Waals surface area contributed by atoms with Crippen molar-refractivity contribution < 1.29 is 14.6 Å². The van der Waals surface area contributed by atoms with Crippen LogP contribution in [0.2, 0.25) is 0 Å². The Balaban J connectivity index is 2.07. The van der Waals surface area contributed by atoms with E-state index in [-0.39, 0.29) is 18.1 Å². The standard InChI is InChI=1S/C18H27NO3S/c1-13-10-14(2)16(15(3)11-13)17(21)19-12-18(22-7-6-20)4-8-23-9-5-18/h10-11,20H,4-9,12H2,1-3H3,(H,19,21). The van der Waals surface area contributed by atoms with Gasteiger partial charge in [0.05, 0.1) is 18.8 Å². The van der Waals surface area contributed by atoms with Gasteiger partial charge in [-0.1, -0.05) is 17.7 Å². The first-order valence-electron chi connectivity index (χ1n) is 8.16. The van der Waals surface area contributed by atoms with Gasteiger partial charge in [0.25, 0.3) is 5.91 Å². The van der Waals surface area contributed by atoms with E-state index in [1.165, 1.54) is 5.56 Å². The lowest BCUT2D eigenvalue weighted by Crippen LogP contribution is -2.48. The zero-order valence-electron chi connectivity index (χ0n) is 14.3. The average molecular weight is 337 g/mol. The van der Waals surface area contributed by atoms with E-state index in [1.807, 2.05) is 44.7 Å². The molecule has 0 bridgehead atoms. The number of carbonyl (C=O) groups excluding carboxylic acids is 1. The number of hydrogen-bond acceptors (Lipinski definition) is 4. The topological polar surface area (TPSA) is 58.6 Å². The lowest BCUT2D eigenvalue weighted by molar-refractivity contribution is -0.0608. The number of thioether (sulfide) groups is 1. The second-order valence-corrected chi connectivity index (χ2v) is 7.55. The summed E-state index contributed by atoms with van der Waals surface area (Å²) >= 11 is 1.91. The van der Waals surface area contributed by atoms with Crippen molar-refractivity contribution in [1.82, 2.24) is 5.32 Å². The molecule has 0 radical (unpaired) electrons. The summed E-state index contributed by atoms with van der Waals surface area (Å²) in [7, 11) is 0. The minimum atomic E-state index is -0.337. The first kappa shape index (κ1) is 18.3. The number of carbonyl (C=O) groups is 1. The van der Waals surface area contributed by atoms with Crippen LogP contribution in [-0.2, 0) is 4.74 Å². The minimum absolute atomic E-state index is 0.0129. The molecule has 1 heterocycles. The highest BCUT2D eigenvalue weighted by molar-refractivity contribution is 7.99. The van der Waals surface area contributed by atoms with Gasteiger partial charge in [-0.05, 0) is 56.2 Å². The molecule has 0 atom stereocenters. The Morgan fingerprint density at radius 2 is 1.87 bits per heavy atom. The third-order valence-electron chi connectivity index (χ3n) is 4.38.